The molecule has 1 atom stereocenters. The lowest BCUT2D eigenvalue weighted by Crippen LogP contribution is -2.38. The second-order valence-corrected chi connectivity index (χ2v) is 6.30. The normalized spacial score (nSPS) is 12.8. The number of hydrogen-bond donors (Lipinski definition) is 0. The van der Waals surface area contributed by atoms with Crippen molar-refractivity contribution in [2.45, 2.75) is 43.9 Å². The molecule has 146 valence electrons. The molecule has 1 aromatic rings. The monoisotopic (exact) mass is 397 g/mol. The highest BCUT2D eigenvalue weighted by Gasteiger charge is 2.37. The van der Waals surface area contributed by atoms with Crippen molar-refractivity contribution in [3.8, 4) is 0 Å². The summed E-state index contributed by atoms with van der Waals surface area (Å²) in [4.78, 5) is 20.7. The second kappa shape index (κ2) is 9.56. The summed E-state index contributed by atoms with van der Waals surface area (Å²) in [6, 6.07) is 4.75. The van der Waals surface area contributed by atoms with Crippen LogP contribution in [0.5, 0.6) is 0 Å². The first-order valence-electron chi connectivity index (χ1n) is 7.90. The van der Waals surface area contributed by atoms with Crippen LogP contribution in [0.1, 0.15) is 31.7 Å². The maximum absolute atomic E-state index is 13.3. The first-order valence-corrected chi connectivity index (χ1v) is 8.33. The summed E-state index contributed by atoms with van der Waals surface area (Å²) in [6.07, 6.45) is -6.03. The zero-order valence-electron chi connectivity index (χ0n) is 14.0. The average molecular weight is 398 g/mol. The largest absolute Gasteiger partial charge is 0.452 e. The first-order chi connectivity index (χ1) is 12.1. The van der Waals surface area contributed by atoms with Crippen molar-refractivity contribution in [1.29, 1.82) is 0 Å². The van der Waals surface area contributed by atoms with Gasteiger partial charge >= 0.3 is 12.3 Å². The quantitative estimate of drug-likeness (QED) is 0.255. The number of rotatable bonds is 10. The van der Waals surface area contributed by atoms with Crippen LogP contribution in [0.25, 0.3) is 0 Å². The fraction of sp³-hybridized carbons (Fsp3) is 0.600. The fourth-order valence-electron chi connectivity index (χ4n) is 2.50. The van der Waals surface area contributed by atoms with E-state index in [9.17, 15) is 33.4 Å². The Hall–Kier alpha value is -2.10. The predicted molar refractivity (Wildman–Crippen MR) is 90.6 cm³/mol. The van der Waals surface area contributed by atoms with Crippen molar-refractivity contribution in [3.63, 3.8) is 0 Å². The smallest absolute Gasteiger partial charge is 0.369 e. The van der Waals surface area contributed by atoms with Crippen molar-refractivity contribution in [2.75, 3.05) is 18.0 Å². The molecule has 0 saturated carbocycles. The molecule has 11 heteroatoms. The molecule has 0 aliphatic carbocycles. The van der Waals surface area contributed by atoms with Gasteiger partial charge in [-0.25, -0.2) is 0 Å². The molecule has 1 unspecified atom stereocenters. The number of hydrogen-bond acceptors (Lipinski definition) is 5. The van der Waals surface area contributed by atoms with Crippen LogP contribution in [0.4, 0.5) is 18.9 Å². The third-order valence-electron chi connectivity index (χ3n) is 3.71. The molecule has 0 saturated heterocycles. The summed E-state index contributed by atoms with van der Waals surface area (Å²) in [5.41, 5.74) is -1.12. The summed E-state index contributed by atoms with van der Waals surface area (Å²) >= 11 is 6.14. The number of para-hydroxylation sites is 1. The maximum Gasteiger partial charge on any atom is 0.452 e. The van der Waals surface area contributed by atoms with Crippen LogP contribution in [0.3, 0.4) is 0 Å². The lowest BCUT2D eigenvalue weighted by molar-refractivity contribution is -0.742. The fourth-order valence-corrected chi connectivity index (χ4v) is 2.89. The Morgan fingerprint density at radius 1 is 1.15 bits per heavy atom. The molecule has 0 radical (unpaired) electrons. The summed E-state index contributed by atoms with van der Waals surface area (Å²) in [6.45, 7) is 1.55. The number of halogens is 4. The predicted octanol–water partition coefficient (Wildman–Crippen LogP) is 4.19. The van der Waals surface area contributed by atoms with Gasteiger partial charge in [0.05, 0.1) is 20.8 Å². The number of benzene rings is 1. The Labute approximate surface area is 153 Å². The van der Waals surface area contributed by atoms with Gasteiger partial charge in [0, 0.05) is 18.8 Å². The van der Waals surface area contributed by atoms with Gasteiger partial charge in [0.1, 0.15) is 6.42 Å². The van der Waals surface area contributed by atoms with Crippen molar-refractivity contribution in [1.82, 2.24) is 0 Å². The molecule has 1 rings (SSSR count). The summed E-state index contributed by atoms with van der Waals surface area (Å²) < 4.78 is 39.8. The molecule has 0 amide bonds. The van der Waals surface area contributed by atoms with Gasteiger partial charge in [-0.05, 0) is 18.6 Å². The van der Waals surface area contributed by atoms with Gasteiger partial charge in [-0.2, -0.15) is 13.2 Å². The van der Waals surface area contributed by atoms with Crippen molar-refractivity contribution in [2.24, 2.45) is 0 Å². The zero-order valence-corrected chi connectivity index (χ0v) is 14.7. The molecule has 1 aromatic carbocycles. The lowest BCUT2D eigenvalue weighted by atomic mass is 10.1. The summed E-state index contributed by atoms with van der Waals surface area (Å²) in [5.74, 6) is 0. The molecule has 0 aliphatic heterocycles. The standard InChI is InChI=1S/C15H19ClF3N3O4/c1-2-5-11(16)10-20(9-8-14(21(23)24)22(25)26)13-7-4-3-6-12(13)15(17,18)19/h3-4,6-7,11,14H,2,5,8-10H2,1H3. The minimum absolute atomic E-state index is 0.00929. The van der Waals surface area contributed by atoms with E-state index in [0.29, 0.717) is 12.8 Å². The Morgan fingerprint density at radius 3 is 2.23 bits per heavy atom. The van der Waals surface area contributed by atoms with Crippen molar-refractivity contribution < 1.29 is 23.0 Å². The highest BCUT2D eigenvalue weighted by atomic mass is 35.5. The highest BCUT2D eigenvalue weighted by molar-refractivity contribution is 6.20. The minimum atomic E-state index is -4.63. The van der Waals surface area contributed by atoms with E-state index in [1.807, 2.05) is 6.92 Å². The lowest BCUT2D eigenvalue weighted by Gasteiger charge is -2.29. The van der Waals surface area contributed by atoms with Gasteiger partial charge in [-0.3, -0.25) is 20.2 Å². The van der Waals surface area contributed by atoms with Crippen LogP contribution >= 0.6 is 11.6 Å². The van der Waals surface area contributed by atoms with E-state index in [2.05, 4.69) is 0 Å². The van der Waals surface area contributed by atoms with Crippen LogP contribution in [-0.2, 0) is 6.18 Å². The molecule has 0 heterocycles. The first kappa shape index (κ1) is 21.9. The number of nitrogens with zero attached hydrogens (tertiary/aromatic N) is 3. The Balaban J connectivity index is 3.14. The molecular weight excluding hydrogens is 379 g/mol. The SMILES string of the molecule is CCCC(Cl)CN(CCC([N+](=O)[O-])[N+](=O)[O-])c1ccccc1C(F)(F)F. The van der Waals surface area contributed by atoms with E-state index in [1.54, 1.807) is 0 Å². The van der Waals surface area contributed by atoms with Crippen LogP contribution in [0, 0.1) is 20.2 Å². The van der Waals surface area contributed by atoms with E-state index in [0.717, 1.165) is 6.07 Å². The van der Waals surface area contributed by atoms with Gasteiger partial charge in [0.2, 0.25) is 0 Å². The average Bonchev–Trinajstić information content (AvgIpc) is 2.52. The maximum atomic E-state index is 13.3. The van der Waals surface area contributed by atoms with Crippen molar-refractivity contribution in [3.05, 3.63) is 50.1 Å². The molecule has 26 heavy (non-hydrogen) atoms. The van der Waals surface area contributed by atoms with E-state index >= 15 is 0 Å². The van der Waals surface area contributed by atoms with E-state index in [4.69, 9.17) is 11.6 Å². The topological polar surface area (TPSA) is 89.5 Å². The van der Waals surface area contributed by atoms with Crippen LogP contribution in [-0.4, -0.2) is 34.5 Å². The van der Waals surface area contributed by atoms with Gasteiger partial charge < -0.3 is 4.90 Å². The number of alkyl halides is 4. The molecule has 0 aliphatic rings. The van der Waals surface area contributed by atoms with Crippen molar-refractivity contribution >= 4 is 17.3 Å². The summed E-state index contributed by atoms with van der Waals surface area (Å²) in [5, 5.41) is 21.1. The number of nitro groups is 2. The van der Waals surface area contributed by atoms with Gasteiger partial charge in [0.25, 0.3) is 0 Å². The molecule has 7 nitrogen and oxygen atoms in total. The highest BCUT2D eigenvalue weighted by Crippen LogP contribution is 2.37. The molecule has 0 spiro atoms. The molecular formula is C15H19ClF3N3O4. The molecule has 0 bridgehead atoms. The van der Waals surface area contributed by atoms with E-state index in [1.165, 1.54) is 23.1 Å². The van der Waals surface area contributed by atoms with Crippen LogP contribution in [0.2, 0.25) is 0 Å². The Morgan fingerprint density at radius 2 is 1.73 bits per heavy atom. The van der Waals surface area contributed by atoms with Crippen LogP contribution < -0.4 is 4.90 Å². The molecule has 0 fully saturated rings. The molecule has 0 N–H and O–H groups in total. The summed E-state index contributed by atoms with van der Waals surface area (Å²) in [7, 11) is 0. The Bertz CT molecular complexity index is 616. The van der Waals surface area contributed by atoms with Crippen LogP contribution in [0.15, 0.2) is 24.3 Å². The Kier molecular flexibility index (Phi) is 8.07. The van der Waals surface area contributed by atoms with E-state index in [-0.39, 0.29) is 18.8 Å². The van der Waals surface area contributed by atoms with E-state index < -0.39 is 39.6 Å². The zero-order chi connectivity index (χ0) is 19.9. The second-order valence-electron chi connectivity index (χ2n) is 5.69. The third-order valence-corrected chi connectivity index (χ3v) is 4.07. The van der Waals surface area contributed by atoms with Gasteiger partial charge in [-0.1, -0.05) is 25.5 Å². The molecule has 0 aromatic heterocycles. The minimum Gasteiger partial charge on any atom is -0.369 e. The van der Waals surface area contributed by atoms with Gasteiger partial charge in [0.15, 0.2) is 0 Å². The van der Waals surface area contributed by atoms with Gasteiger partial charge in [-0.15, -0.1) is 11.6 Å². The number of anilines is 1. The third kappa shape index (κ3) is 6.32.